The number of hydrogen-bond acceptors (Lipinski definition) is 3. The number of pyridine rings is 1. The summed E-state index contributed by atoms with van der Waals surface area (Å²) in [6.45, 7) is 1.86. The molecule has 0 radical (unpaired) electrons. The smallest absolute Gasteiger partial charge is 0.126 e. The molecule has 2 aromatic carbocycles. The maximum Gasteiger partial charge on any atom is 0.126 e. The predicted octanol–water partition coefficient (Wildman–Crippen LogP) is 5.58. The summed E-state index contributed by atoms with van der Waals surface area (Å²) >= 11 is 0. The molecule has 0 amide bonds. The van der Waals surface area contributed by atoms with Gasteiger partial charge in [0.25, 0.3) is 0 Å². The van der Waals surface area contributed by atoms with Gasteiger partial charge in [0, 0.05) is 35.6 Å². The fraction of sp³-hybridized carbons (Fsp3) is 0.0909. The van der Waals surface area contributed by atoms with Crippen molar-refractivity contribution in [3.63, 3.8) is 0 Å². The van der Waals surface area contributed by atoms with Crippen molar-refractivity contribution in [3.05, 3.63) is 89.4 Å². The monoisotopic (exact) mass is 376 g/mol. The van der Waals surface area contributed by atoms with Gasteiger partial charge in [-0.3, -0.25) is 10.1 Å². The van der Waals surface area contributed by atoms with Crippen LogP contribution in [0.2, 0.25) is 0 Å². The average molecular weight is 376 g/mol. The van der Waals surface area contributed by atoms with E-state index in [1.807, 2.05) is 49.4 Å². The van der Waals surface area contributed by atoms with Gasteiger partial charge in [-0.25, -0.2) is 8.78 Å². The predicted molar refractivity (Wildman–Crippen MR) is 108 cm³/mol. The first-order valence-corrected chi connectivity index (χ1v) is 8.87. The Bertz CT molecular complexity index is 1120. The third-order valence-corrected chi connectivity index (χ3v) is 4.50. The Hall–Kier alpha value is -3.54. The van der Waals surface area contributed by atoms with Gasteiger partial charge in [-0.1, -0.05) is 6.08 Å². The first-order valence-electron chi connectivity index (χ1n) is 8.87. The maximum absolute atomic E-state index is 13.5. The van der Waals surface area contributed by atoms with E-state index in [1.54, 1.807) is 12.4 Å². The molecule has 2 heterocycles. The number of anilines is 1. The zero-order valence-corrected chi connectivity index (χ0v) is 15.2. The molecule has 0 bridgehead atoms. The van der Waals surface area contributed by atoms with E-state index in [2.05, 4.69) is 20.5 Å². The Morgan fingerprint density at radius 3 is 2.46 bits per heavy atom. The number of halogens is 2. The largest absolute Gasteiger partial charge is 0.378 e. The highest BCUT2D eigenvalue weighted by Gasteiger charge is 2.10. The van der Waals surface area contributed by atoms with Gasteiger partial charge in [-0.05, 0) is 66.6 Å². The van der Waals surface area contributed by atoms with Crippen LogP contribution in [-0.4, -0.2) is 15.2 Å². The highest BCUT2D eigenvalue weighted by atomic mass is 19.1. The van der Waals surface area contributed by atoms with E-state index in [9.17, 15) is 8.78 Å². The third-order valence-electron chi connectivity index (χ3n) is 4.50. The number of fused-ring (bicyclic) bond motifs is 1. The Morgan fingerprint density at radius 1 is 0.964 bits per heavy atom. The molecule has 0 saturated carbocycles. The van der Waals surface area contributed by atoms with E-state index in [0.717, 1.165) is 33.9 Å². The van der Waals surface area contributed by atoms with Gasteiger partial charge in [0.1, 0.15) is 11.6 Å². The SMILES string of the molecule is C[C@@H](Nc1ccc2[nH]nc(/C=C/c3ccncc3)c2c1)c1cc(F)cc(F)c1. The van der Waals surface area contributed by atoms with Gasteiger partial charge < -0.3 is 5.32 Å². The third kappa shape index (κ3) is 3.91. The van der Waals surface area contributed by atoms with E-state index in [4.69, 9.17) is 0 Å². The van der Waals surface area contributed by atoms with Gasteiger partial charge >= 0.3 is 0 Å². The van der Waals surface area contributed by atoms with Crippen LogP contribution in [0.4, 0.5) is 14.5 Å². The van der Waals surface area contributed by atoms with Crippen LogP contribution in [0, 0.1) is 11.6 Å². The van der Waals surface area contributed by atoms with Gasteiger partial charge in [-0.15, -0.1) is 0 Å². The van der Waals surface area contributed by atoms with Crippen molar-refractivity contribution < 1.29 is 8.78 Å². The lowest BCUT2D eigenvalue weighted by atomic mass is 10.1. The average Bonchev–Trinajstić information content (AvgIpc) is 3.09. The highest BCUT2D eigenvalue weighted by molar-refractivity contribution is 5.91. The number of aromatic amines is 1. The van der Waals surface area contributed by atoms with Crippen LogP contribution >= 0.6 is 0 Å². The quantitative estimate of drug-likeness (QED) is 0.478. The second-order valence-corrected chi connectivity index (χ2v) is 6.55. The Kier molecular flexibility index (Phi) is 4.85. The maximum atomic E-state index is 13.5. The lowest BCUT2D eigenvalue weighted by Gasteiger charge is -2.16. The first-order chi connectivity index (χ1) is 13.6. The number of aromatic nitrogens is 3. The summed E-state index contributed by atoms with van der Waals surface area (Å²) in [6.07, 6.45) is 7.38. The molecular weight excluding hydrogens is 358 g/mol. The second-order valence-electron chi connectivity index (χ2n) is 6.55. The van der Waals surface area contributed by atoms with E-state index in [0.29, 0.717) is 5.56 Å². The normalized spacial score (nSPS) is 12.5. The van der Waals surface area contributed by atoms with Gasteiger partial charge in [0.15, 0.2) is 0 Å². The van der Waals surface area contributed by atoms with Crippen LogP contribution in [0.25, 0.3) is 23.1 Å². The summed E-state index contributed by atoms with van der Waals surface area (Å²) in [5.74, 6) is -1.17. The molecule has 28 heavy (non-hydrogen) atoms. The molecular formula is C22H18F2N4. The zero-order valence-electron chi connectivity index (χ0n) is 15.2. The highest BCUT2D eigenvalue weighted by Crippen LogP contribution is 2.26. The standard InChI is InChI=1S/C22H18F2N4/c1-14(16-10-17(23)12-18(24)11-16)26-19-3-5-22-20(13-19)21(27-28-22)4-2-15-6-8-25-9-7-15/h2-14,26H,1H3,(H,27,28)/b4-2+/t14-/m1/s1. The molecule has 1 atom stereocenters. The number of hydrogen-bond donors (Lipinski definition) is 2. The van der Waals surface area contributed by atoms with Crippen LogP contribution in [0.5, 0.6) is 0 Å². The Balaban J connectivity index is 1.59. The number of rotatable bonds is 5. The Morgan fingerprint density at radius 2 is 1.71 bits per heavy atom. The minimum atomic E-state index is -0.586. The lowest BCUT2D eigenvalue weighted by molar-refractivity contribution is 0.577. The summed E-state index contributed by atoms with van der Waals surface area (Å²) in [5.41, 5.74) is 4.12. The summed E-state index contributed by atoms with van der Waals surface area (Å²) < 4.78 is 27.0. The van der Waals surface area contributed by atoms with Gasteiger partial charge in [0.05, 0.1) is 11.2 Å². The zero-order chi connectivity index (χ0) is 19.5. The number of H-pyrrole nitrogens is 1. The fourth-order valence-corrected chi connectivity index (χ4v) is 3.06. The molecule has 0 unspecified atom stereocenters. The molecule has 2 N–H and O–H groups in total. The number of nitrogens with one attached hydrogen (secondary N) is 2. The molecule has 140 valence electrons. The molecule has 0 spiro atoms. The summed E-state index contributed by atoms with van der Waals surface area (Å²) in [5, 5.41) is 11.6. The second kappa shape index (κ2) is 7.60. The van der Waals surface area contributed by atoms with E-state index in [-0.39, 0.29) is 6.04 Å². The molecule has 4 rings (SSSR count). The lowest BCUT2D eigenvalue weighted by Crippen LogP contribution is -2.07. The molecule has 2 aromatic heterocycles. The molecule has 6 heteroatoms. The summed E-state index contributed by atoms with van der Waals surface area (Å²) in [7, 11) is 0. The van der Waals surface area contributed by atoms with Crippen LogP contribution in [0.15, 0.2) is 60.9 Å². The van der Waals surface area contributed by atoms with Crippen molar-refractivity contribution in [2.45, 2.75) is 13.0 Å². The fourth-order valence-electron chi connectivity index (χ4n) is 3.06. The van der Waals surface area contributed by atoms with Crippen molar-refractivity contribution in [2.24, 2.45) is 0 Å². The van der Waals surface area contributed by atoms with E-state index >= 15 is 0 Å². The molecule has 0 aliphatic rings. The molecule has 0 aliphatic heterocycles. The van der Waals surface area contributed by atoms with Crippen LogP contribution in [0.1, 0.15) is 29.8 Å². The summed E-state index contributed by atoms with van der Waals surface area (Å²) in [6, 6.07) is 12.9. The van der Waals surface area contributed by atoms with E-state index < -0.39 is 11.6 Å². The van der Waals surface area contributed by atoms with Crippen molar-refractivity contribution in [1.82, 2.24) is 15.2 Å². The molecule has 0 fully saturated rings. The molecule has 4 aromatic rings. The minimum absolute atomic E-state index is 0.259. The van der Waals surface area contributed by atoms with E-state index in [1.165, 1.54) is 12.1 Å². The molecule has 0 saturated heterocycles. The van der Waals surface area contributed by atoms with Crippen molar-refractivity contribution in [1.29, 1.82) is 0 Å². The number of nitrogens with zero attached hydrogens (tertiary/aromatic N) is 2. The first kappa shape index (κ1) is 17.9. The van der Waals surface area contributed by atoms with Crippen LogP contribution < -0.4 is 5.32 Å². The van der Waals surface area contributed by atoms with Crippen LogP contribution in [-0.2, 0) is 0 Å². The molecule has 4 nitrogen and oxygen atoms in total. The number of benzene rings is 2. The minimum Gasteiger partial charge on any atom is -0.378 e. The van der Waals surface area contributed by atoms with Crippen LogP contribution in [0.3, 0.4) is 0 Å². The molecule has 0 aliphatic carbocycles. The Labute approximate surface area is 160 Å². The van der Waals surface area contributed by atoms with Crippen molar-refractivity contribution in [2.75, 3.05) is 5.32 Å². The van der Waals surface area contributed by atoms with Crippen molar-refractivity contribution in [3.8, 4) is 0 Å². The topological polar surface area (TPSA) is 53.6 Å². The van der Waals surface area contributed by atoms with Gasteiger partial charge in [-0.2, -0.15) is 5.10 Å². The van der Waals surface area contributed by atoms with Crippen molar-refractivity contribution >= 4 is 28.7 Å². The summed E-state index contributed by atoms with van der Waals surface area (Å²) in [4.78, 5) is 4.00. The van der Waals surface area contributed by atoms with Gasteiger partial charge in [0.2, 0.25) is 0 Å².